The van der Waals surface area contributed by atoms with Gasteiger partial charge in [0.25, 0.3) is 0 Å². The van der Waals surface area contributed by atoms with Crippen LogP contribution in [0.1, 0.15) is 17.5 Å². The molecular weight excluding hydrogens is 280 g/mol. The van der Waals surface area contributed by atoms with Gasteiger partial charge < -0.3 is 15.0 Å². The molecule has 22 heavy (non-hydrogen) atoms. The number of amides is 1. The number of carbonyl (C=O) groups excluding carboxylic acids is 2. The Kier molecular flexibility index (Phi) is 3.22. The summed E-state index contributed by atoms with van der Waals surface area (Å²) in [6.45, 7) is 2.21. The number of nitrogens with zero attached hydrogens (tertiary/aromatic N) is 1. The summed E-state index contributed by atoms with van der Waals surface area (Å²) in [4.78, 5) is 26.1. The Balaban J connectivity index is 1.48. The number of hydrogen-bond acceptors (Lipinski definition) is 4. The smallest absolute Gasteiger partial charge is 0.334 e. The van der Waals surface area contributed by atoms with Gasteiger partial charge in [-0.1, -0.05) is 24.3 Å². The predicted molar refractivity (Wildman–Crippen MR) is 80.0 cm³/mol. The third kappa shape index (κ3) is 2.22. The van der Waals surface area contributed by atoms with Crippen molar-refractivity contribution in [3.8, 4) is 0 Å². The van der Waals surface area contributed by atoms with Gasteiger partial charge in [0.05, 0.1) is 6.04 Å². The molecule has 114 valence electrons. The first-order chi connectivity index (χ1) is 10.7. The summed E-state index contributed by atoms with van der Waals surface area (Å²) in [5, 5.41) is 3.34. The maximum atomic E-state index is 12.7. The molecule has 1 aromatic rings. The molecule has 3 heterocycles. The number of cyclic esters (lactones) is 1. The van der Waals surface area contributed by atoms with Crippen molar-refractivity contribution in [1.29, 1.82) is 0 Å². The van der Waals surface area contributed by atoms with Gasteiger partial charge in [-0.2, -0.15) is 0 Å². The molecule has 1 atom stereocenters. The van der Waals surface area contributed by atoms with Crippen molar-refractivity contribution in [3.05, 3.63) is 46.5 Å². The first-order valence-electron chi connectivity index (χ1n) is 7.69. The molecule has 0 aliphatic carbocycles. The monoisotopic (exact) mass is 298 g/mol. The van der Waals surface area contributed by atoms with Gasteiger partial charge in [0.2, 0.25) is 5.91 Å². The quantitative estimate of drug-likeness (QED) is 0.779. The molecule has 0 unspecified atom stereocenters. The number of fused-ring (bicyclic) bond motifs is 1. The Hall–Kier alpha value is -2.14. The molecule has 5 nitrogen and oxygen atoms in total. The van der Waals surface area contributed by atoms with Crippen molar-refractivity contribution < 1.29 is 14.3 Å². The van der Waals surface area contributed by atoms with E-state index in [0.29, 0.717) is 26.1 Å². The van der Waals surface area contributed by atoms with Gasteiger partial charge in [-0.05, 0) is 29.5 Å². The lowest BCUT2D eigenvalue weighted by atomic mass is 9.94. The zero-order chi connectivity index (χ0) is 15.1. The highest BCUT2D eigenvalue weighted by Gasteiger charge is 2.34. The molecule has 5 heteroatoms. The van der Waals surface area contributed by atoms with Gasteiger partial charge in [0.1, 0.15) is 6.61 Å². The Bertz CT molecular complexity index is 680. The lowest BCUT2D eigenvalue weighted by Crippen LogP contribution is -2.51. The van der Waals surface area contributed by atoms with Crippen LogP contribution in [0, 0.1) is 0 Å². The molecule has 1 amide bonds. The van der Waals surface area contributed by atoms with Crippen molar-refractivity contribution in [1.82, 2.24) is 10.2 Å². The van der Waals surface area contributed by atoms with Crippen molar-refractivity contribution >= 4 is 11.9 Å². The first-order valence-corrected chi connectivity index (χ1v) is 7.69. The van der Waals surface area contributed by atoms with Crippen LogP contribution in [0.15, 0.2) is 35.4 Å². The average Bonchev–Trinajstić information content (AvgIpc) is 2.94. The molecule has 0 aromatic heterocycles. The van der Waals surface area contributed by atoms with Crippen LogP contribution in [-0.4, -0.2) is 42.5 Å². The molecule has 3 aliphatic heterocycles. The molecule has 1 N–H and O–H groups in total. The highest BCUT2D eigenvalue weighted by atomic mass is 16.5. The molecule has 4 rings (SSSR count). The number of ether oxygens (including phenoxy) is 1. The van der Waals surface area contributed by atoms with E-state index in [9.17, 15) is 9.59 Å². The maximum Gasteiger partial charge on any atom is 0.334 e. The number of hydrogen-bond donors (Lipinski definition) is 1. The Morgan fingerprint density at radius 1 is 1.27 bits per heavy atom. The molecule has 0 radical (unpaired) electrons. The average molecular weight is 298 g/mol. The number of nitrogens with one attached hydrogen (secondary N) is 1. The fourth-order valence-electron chi connectivity index (χ4n) is 3.48. The van der Waals surface area contributed by atoms with Gasteiger partial charge in [-0.15, -0.1) is 0 Å². The van der Waals surface area contributed by atoms with Gasteiger partial charge in [-0.25, -0.2) is 4.79 Å². The Morgan fingerprint density at radius 2 is 2.09 bits per heavy atom. The highest BCUT2D eigenvalue weighted by Crippen LogP contribution is 2.26. The molecule has 0 saturated carbocycles. The SMILES string of the molecule is O=C1OCC2=C1CCN(C(=O)[C@H]1Cc3ccccc3CN1)C2. The number of benzene rings is 1. The van der Waals surface area contributed by atoms with Crippen molar-refractivity contribution in [3.63, 3.8) is 0 Å². The van der Waals surface area contributed by atoms with Gasteiger partial charge in [0, 0.05) is 25.2 Å². The second-order valence-electron chi connectivity index (χ2n) is 6.07. The van der Waals surface area contributed by atoms with Crippen LogP contribution in [0.5, 0.6) is 0 Å². The van der Waals surface area contributed by atoms with Gasteiger partial charge in [-0.3, -0.25) is 4.79 Å². The largest absolute Gasteiger partial charge is 0.458 e. The zero-order valence-corrected chi connectivity index (χ0v) is 12.3. The van der Waals surface area contributed by atoms with E-state index in [1.165, 1.54) is 11.1 Å². The summed E-state index contributed by atoms with van der Waals surface area (Å²) >= 11 is 0. The van der Waals surface area contributed by atoms with Gasteiger partial charge >= 0.3 is 5.97 Å². The van der Waals surface area contributed by atoms with E-state index in [1.54, 1.807) is 0 Å². The van der Waals surface area contributed by atoms with E-state index in [2.05, 4.69) is 17.4 Å². The lowest BCUT2D eigenvalue weighted by Gasteiger charge is -2.33. The van der Waals surface area contributed by atoms with Crippen LogP contribution in [0.3, 0.4) is 0 Å². The summed E-state index contributed by atoms with van der Waals surface area (Å²) in [7, 11) is 0. The summed E-state index contributed by atoms with van der Waals surface area (Å²) in [5.74, 6) is -0.0766. The van der Waals surface area contributed by atoms with E-state index in [-0.39, 0.29) is 17.9 Å². The fourth-order valence-corrected chi connectivity index (χ4v) is 3.48. The van der Waals surface area contributed by atoms with Crippen LogP contribution in [0.2, 0.25) is 0 Å². The van der Waals surface area contributed by atoms with E-state index in [0.717, 1.165) is 24.1 Å². The van der Waals surface area contributed by atoms with Crippen LogP contribution in [-0.2, 0) is 27.3 Å². The molecule has 0 spiro atoms. The summed E-state index contributed by atoms with van der Waals surface area (Å²) < 4.78 is 5.05. The minimum absolute atomic E-state index is 0.125. The minimum Gasteiger partial charge on any atom is -0.458 e. The van der Waals surface area contributed by atoms with E-state index >= 15 is 0 Å². The molecular formula is C17H18N2O3. The third-order valence-electron chi connectivity index (χ3n) is 4.76. The molecule has 0 saturated heterocycles. The third-order valence-corrected chi connectivity index (χ3v) is 4.76. The molecule has 0 bridgehead atoms. The van der Waals surface area contributed by atoms with Crippen molar-refractivity contribution in [2.24, 2.45) is 0 Å². The Morgan fingerprint density at radius 3 is 2.95 bits per heavy atom. The zero-order valence-electron chi connectivity index (χ0n) is 12.3. The van der Waals surface area contributed by atoms with Gasteiger partial charge in [0.15, 0.2) is 0 Å². The Labute approximate surface area is 128 Å². The summed E-state index contributed by atoms with van der Waals surface area (Å²) in [6.07, 6.45) is 1.34. The van der Waals surface area contributed by atoms with Crippen molar-refractivity contribution in [2.45, 2.75) is 25.4 Å². The number of rotatable bonds is 1. The van der Waals surface area contributed by atoms with Crippen LogP contribution in [0.4, 0.5) is 0 Å². The minimum atomic E-state index is -0.202. The molecule has 3 aliphatic rings. The second-order valence-corrected chi connectivity index (χ2v) is 6.07. The lowest BCUT2D eigenvalue weighted by molar-refractivity contribution is -0.136. The van der Waals surface area contributed by atoms with E-state index in [4.69, 9.17) is 4.74 Å². The summed E-state index contributed by atoms with van der Waals surface area (Å²) in [5.41, 5.74) is 4.27. The van der Waals surface area contributed by atoms with Crippen LogP contribution < -0.4 is 5.32 Å². The van der Waals surface area contributed by atoms with Crippen LogP contribution in [0.25, 0.3) is 0 Å². The highest BCUT2D eigenvalue weighted by molar-refractivity contribution is 5.93. The normalized spacial score (nSPS) is 23.9. The number of carbonyl (C=O) groups is 2. The first kappa shape index (κ1) is 13.5. The number of esters is 1. The standard InChI is InChI=1S/C17H18N2O3/c20-16(15-7-11-3-1-2-4-12(11)8-18-15)19-6-5-14-13(9-19)10-22-17(14)21/h1-4,15,18H,5-10H2/t15-/m1/s1. The van der Waals surface area contributed by atoms with Crippen LogP contribution >= 0.6 is 0 Å². The van der Waals surface area contributed by atoms with Crippen molar-refractivity contribution in [2.75, 3.05) is 19.7 Å². The molecule has 0 fully saturated rings. The second kappa shape index (κ2) is 5.25. The summed E-state index contributed by atoms with van der Waals surface area (Å²) in [6, 6.07) is 8.07. The van der Waals surface area contributed by atoms with E-state index in [1.807, 2.05) is 17.0 Å². The predicted octanol–water partition coefficient (Wildman–Crippen LogP) is 0.787. The topological polar surface area (TPSA) is 58.6 Å². The fraction of sp³-hybridized carbons (Fsp3) is 0.412. The molecule has 1 aromatic carbocycles. The van der Waals surface area contributed by atoms with E-state index < -0.39 is 0 Å². The maximum absolute atomic E-state index is 12.7.